The zero-order chi connectivity index (χ0) is 13.8. The summed E-state index contributed by atoms with van der Waals surface area (Å²) >= 11 is 0. The highest BCUT2D eigenvalue weighted by Gasteiger charge is 2.31. The van der Waals surface area contributed by atoms with Gasteiger partial charge in [-0.2, -0.15) is 0 Å². The first-order valence-corrected chi connectivity index (χ1v) is 6.35. The van der Waals surface area contributed by atoms with E-state index in [2.05, 4.69) is 5.32 Å². The van der Waals surface area contributed by atoms with Gasteiger partial charge in [0.15, 0.2) is 0 Å². The maximum absolute atomic E-state index is 11.7. The Balaban J connectivity index is 2.18. The fourth-order valence-electron chi connectivity index (χ4n) is 2.03. The average molecular weight is 259 g/mol. The Morgan fingerprint density at radius 3 is 2.68 bits per heavy atom. The van der Waals surface area contributed by atoms with Crippen molar-refractivity contribution in [3.05, 3.63) is 41.6 Å². The molecule has 2 rings (SSSR count). The minimum absolute atomic E-state index is 0.284. The Bertz CT molecular complexity index is 517. The van der Waals surface area contributed by atoms with E-state index in [4.69, 9.17) is 4.74 Å². The molecular weight excluding hydrogens is 242 g/mol. The van der Waals surface area contributed by atoms with Crippen LogP contribution >= 0.6 is 0 Å². The van der Waals surface area contributed by atoms with Crippen LogP contribution in [0.25, 0.3) is 5.57 Å². The molecule has 100 valence electrons. The van der Waals surface area contributed by atoms with E-state index in [0.717, 1.165) is 11.1 Å². The lowest BCUT2D eigenvalue weighted by atomic mass is 9.91. The van der Waals surface area contributed by atoms with Crippen molar-refractivity contribution in [3.8, 4) is 0 Å². The third-order valence-electron chi connectivity index (χ3n) is 3.12. The molecule has 0 aromatic heterocycles. The number of rotatable bonds is 3. The number of hydrogen-bond acceptors (Lipinski definition) is 3. The lowest BCUT2D eigenvalue weighted by molar-refractivity contribution is -0.151. The van der Waals surface area contributed by atoms with Crippen LogP contribution in [-0.4, -0.2) is 18.5 Å². The van der Waals surface area contributed by atoms with Crippen LogP contribution in [0.1, 0.15) is 24.5 Å². The summed E-state index contributed by atoms with van der Waals surface area (Å²) in [5.41, 5.74) is 3.13. The minimum atomic E-state index is -0.749. The van der Waals surface area contributed by atoms with Gasteiger partial charge in [-0.25, -0.2) is 0 Å². The monoisotopic (exact) mass is 259 g/mol. The number of amides is 1. The summed E-state index contributed by atoms with van der Waals surface area (Å²) in [5.74, 6) is -1.51. The normalized spacial score (nSPS) is 18.5. The SMILES string of the molecule is CCOC(=O)[C@H]1CC(c2ccc(C)cc2)=CNC1=O. The summed E-state index contributed by atoms with van der Waals surface area (Å²) < 4.78 is 4.93. The van der Waals surface area contributed by atoms with Crippen LogP contribution in [0, 0.1) is 12.8 Å². The second-order valence-electron chi connectivity index (χ2n) is 4.55. The zero-order valence-corrected chi connectivity index (χ0v) is 11.1. The molecule has 1 aliphatic rings. The quantitative estimate of drug-likeness (QED) is 0.667. The van der Waals surface area contributed by atoms with E-state index in [0.29, 0.717) is 6.42 Å². The Kier molecular flexibility index (Phi) is 4.00. The van der Waals surface area contributed by atoms with Gasteiger partial charge in [0.25, 0.3) is 0 Å². The molecule has 0 saturated carbocycles. The number of nitrogens with one attached hydrogen (secondary N) is 1. The van der Waals surface area contributed by atoms with Crippen molar-refractivity contribution in [2.24, 2.45) is 5.92 Å². The molecule has 1 heterocycles. The minimum Gasteiger partial charge on any atom is -0.465 e. The fourth-order valence-corrected chi connectivity index (χ4v) is 2.03. The molecule has 0 fully saturated rings. The number of allylic oxidation sites excluding steroid dienone is 1. The first kappa shape index (κ1) is 13.3. The van der Waals surface area contributed by atoms with Crippen LogP contribution in [0.5, 0.6) is 0 Å². The van der Waals surface area contributed by atoms with Crippen LogP contribution < -0.4 is 5.32 Å². The summed E-state index contributed by atoms with van der Waals surface area (Å²) in [7, 11) is 0. The number of carbonyl (C=O) groups excluding carboxylic acids is 2. The highest BCUT2D eigenvalue weighted by molar-refractivity contribution is 6.01. The topological polar surface area (TPSA) is 55.4 Å². The smallest absolute Gasteiger partial charge is 0.318 e. The molecule has 4 heteroatoms. The molecule has 0 saturated heterocycles. The van der Waals surface area contributed by atoms with Gasteiger partial charge in [-0.1, -0.05) is 29.8 Å². The lowest BCUT2D eigenvalue weighted by Crippen LogP contribution is -2.37. The van der Waals surface area contributed by atoms with Crippen LogP contribution in [-0.2, 0) is 14.3 Å². The highest BCUT2D eigenvalue weighted by atomic mass is 16.5. The van der Waals surface area contributed by atoms with E-state index in [1.807, 2.05) is 31.2 Å². The number of carbonyl (C=O) groups is 2. The van der Waals surface area contributed by atoms with E-state index in [1.54, 1.807) is 13.1 Å². The predicted octanol–water partition coefficient (Wildman–Crippen LogP) is 2.04. The molecule has 0 aliphatic carbocycles. The van der Waals surface area contributed by atoms with Crippen LogP contribution in [0.2, 0.25) is 0 Å². The van der Waals surface area contributed by atoms with Gasteiger partial charge in [0.1, 0.15) is 5.92 Å². The molecule has 1 aromatic carbocycles. The number of esters is 1. The Hall–Kier alpha value is -2.10. The number of aryl methyl sites for hydroxylation is 1. The van der Waals surface area contributed by atoms with Crippen LogP contribution in [0.15, 0.2) is 30.5 Å². The molecule has 19 heavy (non-hydrogen) atoms. The van der Waals surface area contributed by atoms with Crippen molar-refractivity contribution < 1.29 is 14.3 Å². The van der Waals surface area contributed by atoms with E-state index < -0.39 is 11.9 Å². The van der Waals surface area contributed by atoms with Crippen LogP contribution in [0.4, 0.5) is 0 Å². The van der Waals surface area contributed by atoms with Gasteiger partial charge in [-0.3, -0.25) is 9.59 Å². The van der Waals surface area contributed by atoms with Gasteiger partial charge < -0.3 is 10.1 Å². The van der Waals surface area contributed by atoms with E-state index >= 15 is 0 Å². The Morgan fingerprint density at radius 1 is 1.37 bits per heavy atom. The maximum Gasteiger partial charge on any atom is 0.318 e. The second kappa shape index (κ2) is 5.69. The van der Waals surface area contributed by atoms with E-state index in [9.17, 15) is 9.59 Å². The average Bonchev–Trinajstić information content (AvgIpc) is 2.40. The number of ether oxygens (including phenoxy) is 1. The van der Waals surface area contributed by atoms with Crippen molar-refractivity contribution in [1.82, 2.24) is 5.32 Å². The lowest BCUT2D eigenvalue weighted by Gasteiger charge is -2.21. The van der Waals surface area contributed by atoms with E-state index in [-0.39, 0.29) is 12.5 Å². The van der Waals surface area contributed by atoms with Gasteiger partial charge in [0.05, 0.1) is 6.61 Å². The molecule has 4 nitrogen and oxygen atoms in total. The third kappa shape index (κ3) is 3.02. The van der Waals surface area contributed by atoms with Gasteiger partial charge in [-0.15, -0.1) is 0 Å². The molecule has 0 spiro atoms. The van der Waals surface area contributed by atoms with Gasteiger partial charge in [0, 0.05) is 6.20 Å². The van der Waals surface area contributed by atoms with Gasteiger partial charge >= 0.3 is 5.97 Å². The van der Waals surface area contributed by atoms with Gasteiger partial charge in [0.2, 0.25) is 5.91 Å². The predicted molar refractivity (Wildman–Crippen MR) is 72.0 cm³/mol. The van der Waals surface area contributed by atoms with Crippen LogP contribution in [0.3, 0.4) is 0 Å². The molecule has 1 N–H and O–H groups in total. The maximum atomic E-state index is 11.7. The molecule has 1 aromatic rings. The fraction of sp³-hybridized carbons (Fsp3) is 0.333. The number of hydrogen-bond donors (Lipinski definition) is 1. The number of benzene rings is 1. The van der Waals surface area contributed by atoms with Gasteiger partial charge in [-0.05, 0) is 31.4 Å². The standard InChI is InChI=1S/C15H17NO3/c1-3-19-15(18)13-8-12(9-16-14(13)17)11-6-4-10(2)5-7-11/h4-7,9,13H,3,8H2,1-2H3,(H,16,17)/t13-/m0/s1. The molecule has 1 amide bonds. The van der Waals surface area contributed by atoms with Crippen molar-refractivity contribution in [3.63, 3.8) is 0 Å². The van der Waals surface area contributed by atoms with Crippen molar-refractivity contribution in [1.29, 1.82) is 0 Å². The largest absolute Gasteiger partial charge is 0.465 e. The summed E-state index contributed by atoms with van der Waals surface area (Å²) in [6.07, 6.45) is 2.05. The summed E-state index contributed by atoms with van der Waals surface area (Å²) in [6.45, 7) is 4.03. The third-order valence-corrected chi connectivity index (χ3v) is 3.12. The molecular formula is C15H17NO3. The molecule has 0 unspecified atom stereocenters. The summed E-state index contributed by atoms with van der Waals surface area (Å²) in [6, 6.07) is 7.99. The molecule has 0 bridgehead atoms. The second-order valence-corrected chi connectivity index (χ2v) is 4.55. The Morgan fingerprint density at radius 2 is 2.05 bits per heavy atom. The summed E-state index contributed by atoms with van der Waals surface area (Å²) in [5, 5.41) is 2.63. The van der Waals surface area contributed by atoms with Crippen molar-refractivity contribution >= 4 is 17.4 Å². The highest BCUT2D eigenvalue weighted by Crippen LogP contribution is 2.26. The Labute approximate surface area is 112 Å². The van der Waals surface area contributed by atoms with E-state index in [1.165, 1.54) is 5.56 Å². The first-order valence-electron chi connectivity index (χ1n) is 6.35. The molecule has 1 atom stereocenters. The first-order chi connectivity index (χ1) is 9.11. The molecule has 1 aliphatic heterocycles. The summed E-state index contributed by atoms with van der Waals surface area (Å²) in [4.78, 5) is 23.4. The van der Waals surface area contributed by atoms with Crippen molar-refractivity contribution in [2.75, 3.05) is 6.61 Å². The zero-order valence-electron chi connectivity index (χ0n) is 11.1. The molecule has 0 radical (unpaired) electrons. The van der Waals surface area contributed by atoms with Crippen molar-refractivity contribution in [2.45, 2.75) is 20.3 Å².